The topological polar surface area (TPSA) is 86.8 Å². The number of nitrogens with one attached hydrogen (secondary N) is 1. The predicted molar refractivity (Wildman–Crippen MR) is 90.8 cm³/mol. The van der Waals surface area contributed by atoms with Gasteiger partial charge in [-0.3, -0.25) is 9.59 Å². The molecule has 7 nitrogen and oxygen atoms in total. The van der Waals surface area contributed by atoms with Crippen LogP contribution in [0.25, 0.3) is 0 Å². The number of carbonyl (C=O) groups is 2. The molecule has 0 aromatic heterocycles. The Morgan fingerprint density at radius 3 is 2.74 bits per heavy atom. The summed E-state index contributed by atoms with van der Waals surface area (Å²) in [5, 5.41) is -0.487. The zero-order chi connectivity index (χ0) is 17.0. The molecule has 9 heteroatoms. The van der Waals surface area contributed by atoms with Crippen LogP contribution in [0.3, 0.4) is 0 Å². The summed E-state index contributed by atoms with van der Waals surface area (Å²) in [5.74, 6) is 0.827. The molecular weight excluding hydrogens is 338 g/mol. The third-order valence-electron chi connectivity index (χ3n) is 4.24. The van der Waals surface area contributed by atoms with Gasteiger partial charge in [-0.15, -0.1) is 0 Å². The summed E-state index contributed by atoms with van der Waals surface area (Å²) >= 11 is 1.25. The van der Waals surface area contributed by atoms with Crippen LogP contribution in [0.2, 0.25) is 0 Å². The van der Waals surface area contributed by atoms with E-state index in [0.717, 1.165) is 18.6 Å². The molecule has 2 fully saturated rings. The summed E-state index contributed by atoms with van der Waals surface area (Å²) in [6.45, 7) is 5.64. The van der Waals surface area contributed by atoms with Crippen molar-refractivity contribution >= 4 is 32.9 Å². The van der Waals surface area contributed by atoms with Crippen molar-refractivity contribution in [1.29, 1.82) is 0 Å². The first-order valence-corrected chi connectivity index (χ1v) is 10.5. The van der Waals surface area contributed by atoms with Crippen molar-refractivity contribution in [2.45, 2.75) is 31.9 Å². The van der Waals surface area contributed by atoms with Gasteiger partial charge in [0.15, 0.2) is 0 Å². The number of hydrogen-bond donors (Lipinski definition) is 1. The second kappa shape index (κ2) is 7.85. The largest absolute Gasteiger partial charge is 0.341 e. The summed E-state index contributed by atoms with van der Waals surface area (Å²) in [6, 6.07) is 0. The number of rotatable bonds is 6. The maximum Gasteiger partial charge on any atom is 0.282 e. The molecule has 0 aromatic rings. The highest BCUT2D eigenvalue weighted by molar-refractivity contribution is 8.13. The maximum absolute atomic E-state index is 12.3. The fourth-order valence-electron chi connectivity index (χ4n) is 2.69. The minimum Gasteiger partial charge on any atom is -0.341 e. The Kier molecular flexibility index (Phi) is 6.33. The van der Waals surface area contributed by atoms with E-state index in [1.807, 2.05) is 0 Å². The first kappa shape index (κ1) is 18.5. The molecule has 1 N–H and O–H groups in total. The quantitative estimate of drug-likeness (QED) is 0.751. The average molecular weight is 364 g/mol. The van der Waals surface area contributed by atoms with Crippen molar-refractivity contribution < 1.29 is 18.0 Å². The Morgan fingerprint density at radius 1 is 1.39 bits per heavy atom. The Labute approximate surface area is 142 Å². The predicted octanol–water partition coefficient (Wildman–Crippen LogP) is 0.722. The summed E-state index contributed by atoms with van der Waals surface area (Å²) < 4.78 is 26.3. The number of amides is 2. The van der Waals surface area contributed by atoms with Crippen LogP contribution < -0.4 is 4.72 Å². The van der Waals surface area contributed by atoms with Crippen LogP contribution in [-0.4, -0.2) is 73.1 Å². The van der Waals surface area contributed by atoms with E-state index >= 15 is 0 Å². The first-order chi connectivity index (χ1) is 10.8. The normalized spacial score (nSPS) is 22.9. The van der Waals surface area contributed by atoms with Crippen LogP contribution in [0.15, 0.2) is 0 Å². The molecule has 0 spiro atoms. The van der Waals surface area contributed by atoms with Crippen LogP contribution in [0.1, 0.15) is 26.7 Å². The number of likely N-dealkylation sites (tertiary alicyclic amines) is 1. The van der Waals surface area contributed by atoms with E-state index in [1.165, 1.54) is 11.8 Å². The van der Waals surface area contributed by atoms with Crippen LogP contribution in [-0.2, 0) is 14.8 Å². The molecule has 0 saturated carbocycles. The molecule has 132 valence electrons. The molecule has 0 bridgehead atoms. The Morgan fingerprint density at radius 2 is 2.13 bits per heavy atom. The first-order valence-electron chi connectivity index (χ1n) is 7.97. The summed E-state index contributed by atoms with van der Waals surface area (Å²) in [7, 11) is -3.27. The van der Waals surface area contributed by atoms with Crippen molar-refractivity contribution in [3.05, 3.63) is 0 Å². The van der Waals surface area contributed by atoms with E-state index in [-0.39, 0.29) is 23.6 Å². The van der Waals surface area contributed by atoms with Crippen LogP contribution >= 0.6 is 11.8 Å². The maximum atomic E-state index is 12.3. The summed E-state index contributed by atoms with van der Waals surface area (Å²) in [5.41, 5.74) is 0. The van der Waals surface area contributed by atoms with Gasteiger partial charge in [-0.2, -0.15) is 0 Å². The zero-order valence-corrected chi connectivity index (χ0v) is 15.3. The van der Waals surface area contributed by atoms with Gasteiger partial charge in [0.05, 0.1) is 5.25 Å². The zero-order valence-electron chi connectivity index (χ0n) is 13.7. The van der Waals surface area contributed by atoms with Crippen molar-refractivity contribution in [1.82, 2.24) is 14.5 Å². The minimum atomic E-state index is -3.27. The molecule has 1 atom stereocenters. The van der Waals surface area contributed by atoms with Crippen molar-refractivity contribution in [2.75, 3.05) is 38.5 Å². The number of piperidine rings is 1. The second-order valence-electron chi connectivity index (χ2n) is 6.33. The average Bonchev–Trinajstić information content (AvgIpc) is 2.90. The lowest BCUT2D eigenvalue weighted by Gasteiger charge is -2.33. The SMILES string of the molecule is CC(C)S(=O)(=O)NC[C@H]1CCCN(C(=O)CN2CCSC2=O)C1. The van der Waals surface area contributed by atoms with E-state index in [4.69, 9.17) is 0 Å². The van der Waals surface area contributed by atoms with Gasteiger partial charge >= 0.3 is 0 Å². The summed E-state index contributed by atoms with van der Waals surface area (Å²) in [4.78, 5) is 27.3. The van der Waals surface area contributed by atoms with Gasteiger partial charge in [0.2, 0.25) is 15.9 Å². The minimum absolute atomic E-state index is 0.0309. The van der Waals surface area contributed by atoms with Gasteiger partial charge in [-0.1, -0.05) is 11.8 Å². The third kappa shape index (κ3) is 5.09. The number of sulfonamides is 1. The molecule has 0 aromatic carbocycles. The lowest BCUT2D eigenvalue weighted by atomic mass is 9.98. The molecule has 23 heavy (non-hydrogen) atoms. The second-order valence-corrected chi connectivity index (χ2v) is 9.69. The standard InChI is InChI=1S/C14H25N3O4S2/c1-11(2)23(20,21)15-8-12-4-3-5-16(9-12)13(18)10-17-6-7-22-14(17)19/h11-12,15H,3-10H2,1-2H3/t12-/m1/s1. The fourth-order valence-corrected chi connectivity index (χ4v) is 4.32. The van der Waals surface area contributed by atoms with Gasteiger partial charge in [0.1, 0.15) is 6.54 Å². The number of hydrogen-bond acceptors (Lipinski definition) is 5. The van der Waals surface area contributed by atoms with Crippen LogP contribution in [0.5, 0.6) is 0 Å². The molecule has 2 aliphatic heterocycles. The van der Waals surface area contributed by atoms with E-state index in [1.54, 1.807) is 23.6 Å². The molecule has 2 heterocycles. The Hall–Kier alpha value is -0.800. The fraction of sp³-hybridized carbons (Fsp3) is 0.857. The number of thioether (sulfide) groups is 1. The Bertz CT molecular complexity index is 550. The molecular formula is C14H25N3O4S2. The molecule has 2 amide bonds. The highest BCUT2D eigenvalue weighted by Gasteiger charge is 2.29. The lowest BCUT2D eigenvalue weighted by molar-refractivity contribution is -0.133. The van der Waals surface area contributed by atoms with Crippen LogP contribution in [0.4, 0.5) is 4.79 Å². The monoisotopic (exact) mass is 363 g/mol. The molecule has 0 aliphatic carbocycles. The Balaban J connectivity index is 1.83. The molecule has 2 aliphatic rings. The van der Waals surface area contributed by atoms with Gasteiger partial charge in [0.25, 0.3) is 5.24 Å². The van der Waals surface area contributed by atoms with Gasteiger partial charge in [0, 0.05) is 31.9 Å². The van der Waals surface area contributed by atoms with E-state index < -0.39 is 15.3 Å². The smallest absolute Gasteiger partial charge is 0.282 e. The van der Waals surface area contributed by atoms with Gasteiger partial charge < -0.3 is 9.80 Å². The van der Waals surface area contributed by atoms with E-state index in [2.05, 4.69) is 4.72 Å². The van der Waals surface area contributed by atoms with Crippen molar-refractivity contribution in [3.8, 4) is 0 Å². The van der Waals surface area contributed by atoms with Crippen LogP contribution in [0, 0.1) is 5.92 Å². The molecule has 2 saturated heterocycles. The number of nitrogens with zero attached hydrogens (tertiary/aromatic N) is 2. The molecule has 2 rings (SSSR count). The number of carbonyl (C=O) groups excluding carboxylic acids is 2. The van der Waals surface area contributed by atoms with Gasteiger partial charge in [-0.05, 0) is 32.6 Å². The molecule has 0 unspecified atom stereocenters. The van der Waals surface area contributed by atoms with E-state index in [9.17, 15) is 18.0 Å². The van der Waals surface area contributed by atoms with Crippen molar-refractivity contribution in [2.24, 2.45) is 5.92 Å². The van der Waals surface area contributed by atoms with E-state index in [0.29, 0.717) is 26.2 Å². The lowest BCUT2D eigenvalue weighted by Crippen LogP contribution is -2.47. The highest BCUT2D eigenvalue weighted by atomic mass is 32.2. The third-order valence-corrected chi connectivity index (χ3v) is 6.94. The highest BCUT2D eigenvalue weighted by Crippen LogP contribution is 2.19. The summed E-state index contributed by atoms with van der Waals surface area (Å²) in [6.07, 6.45) is 1.77. The molecule has 0 radical (unpaired) electrons. The van der Waals surface area contributed by atoms with Crippen molar-refractivity contribution in [3.63, 3.8) is 0 Å². The van der Waals surface area contributed by atoms with Gasteiger partial charge in [-0.25, -0.2) is 13.1 Å².